The van der Waals surface area contributed by atoms with Crippen molar-refractivity contribution in [2.24, 2.45) is 0 Å². The standard InChI is InChI=1S/C13H13N3O2S/c1-3-5-9(4-2)15-10-6-7-11-12(14-8-19-11)13(10)16(17)18/h2,6-9,15H,3,5H2,1H3. The highest BCUT2D eigenvalue weighted by atomic mass is 32.1. The maximum atomic E-state index is 11.2. The summed E-state index contributed by atoms with van der Waals surface area (Å²) in [6.07, 6.45) is 7.11. The van der Waals surface area contributed by atoms with E-state index >= 15 is 0 Å². The molecule has 19 heavy (non-hydrogen) atoms. The molecule has 0 aliphatic carbocycles. The molecule has 1 aromatic heterocycles. The number of nitrogens with zero attached hydrogens (tertiary/aromatic N) is 2. The van der Waals surface area contributed by atoms with E-state index in [-0.39, 0.29) is 11.7 Å². The third-order valence-electron chi connectivity index (χ3n) is 2.77. The fraction of sp³-hybridized carbons (Fsp3) is 0.308. The Morgan fingerprint density at radius 1 is 1.63 bits per heavy atom. The van der Waals surface area contributed by atoms with Crippen molar-refractivity contribution in [2.45, 2.75) is 25.8 Å². The normalized spacial score (nSPS) is 12.0. The Labute approximate surface area is 114 Å². The average Bonchev–Trinajstić information content (AvgIpc) is 2.85. The van der Waals surface area contributed by atoms with E-state index in [2.05, 4.69) is 16.2 Å². The molecule has 0 aliphatic rings. The summed E-state index contributed by atoms with van der Waals surface area (Å²) in [5.41, 5.74) is 2.44. The zero-order chi connectivity index (χ0) is 13.8. The summed E-state index contributed by atoms with van der Waals surface area (Å²) >= 11 is 1.38. The van der Waals surface area contributed by atoms with Gasteiger partial charge in [0.15, 0.2) is 5.52 Å². The number of nitro groups is 1. The van der Waals surface area contributed by atoms with Crippen LogP contribution < -0.4 is 5.32 Å². The van der Waals surface area contributed by atoms with Crippen molar-refractivity contribution >= 4 is 32.9 Å². The number of anilines is 1. The first-order valence-electron chi connectivity index (χ1n) is 5.90. The predicted molar refractivity (Wildman–Crippen MR) is 77.4 cm³/mol. The maximum absolute atomic E-state index is 11.2. The predicted octanol–water partition coefficient (Wildman–Crippen LogP) is 3.42. The van der Waals surface area contributed by atoms with Gasteiger partial charge in [0.25, 0.3) is 0 Å². The molecule has 0 saturated heterocycles. The lowest BCUT2D eigenvalue weighted by molar-refractivity contribution is -0.382. The monoisotopic (exact) mass is 275 g/mol. The number of hydrogen-bond acceptors (Lipinski definition) is 5. The molecule has 0 spiro atoms. The van der Waals surface area contributed by atoms with Crippen LogP contribution in [-0.2, 0) is 0 Å². The van der Waals surface area contributed by atoms with E-state index in [9.17, 15) is 10.1 Å². The van der Waals surface area contributed by atoms with Crippen LogP contribution in [0.4, 0.5) is 11.4 Å². The minimum Gasteiger partial charge on any atom is -0.366 e. The molecule has 1 aromatic carbocycles. The van der Waals surface area contributed by atoms with Gasteiger partial charge in [0, 0.05) is 0 Å². The zero-order valence-electron chi connectivity index (χ0n) is 10.4. The summed E-state index contributed by atoms with van der Waals surface area (Å²) < 4.78 is 0.796. The van der Waals surface area contributed by atoms with Crippen molar-refractivity contribution in [2.75, 3.05) is 5.32 Å². The third kappa shape index (κ3) is 2.66. The van der Waals surface area contributed by atoms with Crippen LogP contribution in [0.25, 0.3) is 10.2 Å². The Morgan fingerprint density at radius 2 is 2.42 bits per heavy atom. The molecule has 1 unspecified atom stereocenters. The first-order chi connectivity index (χ1) is 9.17. The molecule has 2 aromatic rings. The molecule has 0 aliphatic heterocycles. The molecule has 0 saturated carbocycles. The van der Waals surface area contributed by atoms with E-state index < -0.39 is 4.92 Å². The Morgan fingerprint density at radius 3 is 3.05 bits per heavy atom. The Hall–Kier alpha value is -2.13. The first-order valence-corrected chi connectivity index (χ1v) is 6.78. The molecular weight excluding hydrogens is 262 g/mol. The lowest BCUT2D eigenvalue weighted by atomic mass is 10.1. The van der Waals surface area contributed by atoms with Gasteiger partial charge in [-0.15, -0.1) is 17.8 Å². The van der Waals surface area contributed by atoms with E-state index in [1.165, 1.54) is 11.3 Å². The van der Waals surface area contributed by atoms with E-state index in [1.54, 1.807) is 11.6 Å². The van der Waals surface area contributed by atoms with Gasteiger partial charge in [-0.3, -0.25) is 10.1 Å². The molecular formula is C13H13N3O2S. The van der Waals surface area contributed by atoms with E-state index in [4.69, 9.17) is 6.42 Å². The number of rotatable bonds is 5. The highest BCUT2D eigenvalue weighted by molar-refractivity contribution is 7.16. The number of benzene rings is 1. The second kappa shape index (κ2) is 5.67. The van der Waals surface area contributed by atoms with Crippen LogP contribution in [-0.4, -0.2) is 15.9 Å². The maximum Gasteiger partial charge on any atom is 0.319 e. The smallest absolute Gasteiger partial charge is 0.319 e. The van der Waals surface area contributed by atoms with Crippen LogP contribution in [0.1, 0.15) is 19.8 Å². The topological polar surface area (TPSA) is 68.1 Å². The highest BCUT2D eigenvalue weighted by Crippen LogP contribution is 2.34. The van der Waals surface area contributed by atoms with Gasteiger partial charge in [0.05, 0.1) is 21.2 Å². The van der Waals surface area contributed by atoms with Gasteiger partial charge >= 0.3 is 5.69 Å². The highest BCUT2D eigenvalue weighted by Gasteiger charge is 2.21. The van der Waals surface area contributed by atoms with E-state index in [0.29, 0.717) is 11.2 Å². The molecule has 1 atom stereocenters. The number of thiazole rings is 1. The van der Waals surface area contributed by atoms with Crippen molar-refractivity contribution < 1.29 is 4.92 Å². The number of nitrogens with one attached hydrogen (secondary N) is 1. The minimum absolute atomic E-state index is 0.00453. The van der Waals surface area contributed by atoms with E-state index in [1.807, 2.05) is 13.0 Å². The quantitative estimate of drug-likeness (QED) is 0.515. The van der Waals surface area contributed by atoms with Crippen LogP contribution >= 0.6 is 11.3 Å². The number of terminal acetylenes is 1. The van der Waals surface area contributed by atoms with Crippen molar-refractivity contribution in [3.05, 3.63) is 27.8 Å². The second-order valence-electron chi connectivity index (χ2n) is 4.07. The molecule has 1 heterocycles. The SMILES string of the molecule is C#CC(CCC)Nc1ccc2scnc2c1[N+](=O)[O-]. The number of hydrogen-bond donors (Lipinski definition) is 1. The van der Waals surface area contributed by atoms with Gasteiger partial charge in [-0.1, -0.05) is 19.3 Å². The summed E-state index contributed by atoms with van der Waals surface area (Å²) in [6, 6.07) is 3.31. The summed E-state index contributed by atoms with van der Waals surface area (Å²) in [6.45, 7) is 2.02. The summed E-state index contributed by atoms with van der Waals surface area (Å²) in [7, 11) is 0. The second-order valence-corrected chi connectivity index (χ2v) is 4.96. The summed E-state index contributed by atoms with van der Waals surface area (Å²) in [4.78, 5) is 14.9. The zero-order valence-corrected chi connectivity index (χ0v) is 11.2. The van der Waals surface area contributed by atoms with Crippen LogP contribution in [0.5, 0.6) is 0 Å². The Bertz CT molecular complexity index is 645. The minimum atomic E-state index is -0.413. The number of fused-ring (bicyclic) bond motifs is 1. The Balaban J connectivity index is 2.45. The van der Waals surface area contributed by atoms with Crippen LogP contribution in [0.3, 0.4) is 0 Å². The fourth-order valence-electron chi connectivity index (χ4n) is 1.89. The lowest BCUT2D eigenvalue weighted by Gasteiger charge is -2.13. The van der Waals surface area contributed by atoms with Crippen molar-refractivity contribution in [3.63, 3.8) is 0 Å². The Kier molecular flexibility index (Phi) is 3.97. The fourth-order valence-corrected chi connectivity index (χ4v) is 2.57. The molecule has 0 bridgehead atoms. The molecule has 2 rings (SSSR count). The molecule has 98 valence electrons. The number of nitro benzene ring substituents is 1. The summed E-state index contributed by atoms with van der Waals surface area (Å²) in [5.74, 6) is 2.61. The average molecular weight is 275 g/mol. The first kappa shape index (κ1) is 13.3. The molecule has 0 fully saturated rings. The van der Waals surface area contributed by atoms with Gasteiger partial charge in [-0.05, 0) is 18.6 Å². The van der Waals surface area contributed by atoms with Gasteiger partial charge < -0.3 is 5.32 Å². The summed E-state index contributed by atoms with van der Waals surface area (Å²) in [5, 5.41) is 14.3. The van der Waals surface area contributed by atoms with Gasteiger partial charge in [-0.2, -0.15) is 0 Å². The van der Waals surface area contributed by atoms with Gasteiger partial charge in [0.2, 0.25) is 0 Å². The molecule has 0 radical (unpaired) electrons. The molecule has 0 amide bonds. The van der Waals surface area contributed by atoms with Gasteiger partial charge in [-0.25, -0.2) is 4.98 Å². The largest absolute Gasteiger partial charge is 0.366 e. The van der Waals surface area contributed by atoms with Crippen molar-refractivity contribution in [3.8, 4) is 12.3 Å². The van der Waals surface area contributed by atoms with Gasteiger partial charge in [0.1, 0.15) is 5.69 Å². The molecule has 5 nitrogen and oxygen atoms in total. The third-order valence-corrected chi connectivity index (χ3v) is 3.56. The van der Waals surface area contributed by atoms with Crippen LogP contribution in [0, 0.1) is 22.5 Å². The molecule has 1 N–H and O–H groups in total. The van der Waals surface area contributed by atoms with E-state index in [0.717, 1.165) is 17.5 Å². The number of aromatic nitrogens is 1. The van der Waals surface area contributed by atoms with Crippen molar-refractivity contribution in [1.29, 1.82) is 0 Å². The van der Waals surface area contributed by atoms with Crippen LogP contribution in [0.15, 0.2) is 17.6 Å². The molecule has 6 heteroatoms. The van der Waals surface area contributed by atoms with Crippen LogP contribution in [0.2, 0.25) is 0 Å². The lowest BCUT2D eigenvalue weighted by Crippen LogP contribution is -2.17. The van der Waals surface area contributed by atoms with Crippen molar-refractivity contribution in [1.82, 2.24) is 4.98 Å².